The van der Waals surface area contributed by atoms with Crippen molar-refractivity contribution in [2.45, 2.75) is 6.92 Å². The van der Waals surface area contributed by atoms with E-state index in [-0.39, 0.29) is 5.69 Å². The van der Waals surface area contributed by atoms with Crippen LogP contribution in [0.5, 0.6) is 0 Å². The van der Waals surface area contributed by atoms with E-state index in [0.29, 0.717) is 5.39 Å². The minimum absolute atomic E-state index is 0.0516. The Morgan fingerprint density at radius 2 is 2.05 bits per heavy atom. The molecule has 0 aliphatic heterocycles. The standard InChI is InChI=1S/C13H10N4O2/c1-9-5-7-16(15-9)12-2-3-13(17(18)19)11-8-14-6-4-10(11)12/h2-8H,1H3. The third kappa shape index (κ3) is 1.83. The SMILES string of the molecule is Cc1ccn(-c2ccc([N+](=O)[O-])c3cnccc23)n1. The van der Waals surface area contributed by atoms with Crippen LogP contribution in [0.1, 0.15) is 5.69 Å². The number of benzene rings is 1. The zero-order valence-electron chi connectivity index (χ0n) is 10.1. The van der Waals surface area contributed by atoms with Gasteiger partial charge in [-0.2, -0.15) is 5.10 Å². The Bertz CT molecular complexity index is 779. The van der Waals surface area contributed by atoms with Crippen molar-refractivity contribution < 1.29 is 4.92 Å². The van der Waals surface area contributed by atoms with Gasteiger partial charge in [-0.05, 0) is 25.1 Å². The molecule has 2 aromatic heterocycles. The van der Waals surface area contributed by atoms with Gasteiger partial charge in [0.1, 0.15) is 0 Å². The Morgan fingerprint density at radius 1 is 1.21 bits per heavy atom. The maximum absolute atomic E-state index is 11.0. The maximum atomic E-state index is 11.0. The van der Waals surface area contributed by atoms with Crippen LogP contribution in [0, 0.1) is 17.0 Å². The molecule has 2 heterocycles. The summed E-state index contributed by atoms with van der Waals surface area (Å²) in [6.45, 7) is 1.89. The van der Waals surface area contributed by atoms with E-state index in [0.717, 1.165) is 16.8 Å². The summed E-state index contributed by atoms with van der Waals surface area (Å²) in [5.74, 6) is 0. The van der Waals surface area contributed by atoms with Gasteiger partial charge in [0.25, 0.3) is 5.69 Å². The van der Waals surface area contributed by atoms with Gasteiger partial charge in [-0.15, -0.1) is 0 Å². The van der Waals surface area contributed by atoms with Crippen molar-refractivity contribution >= 4 is 16.5 Å². The fourth-order valence-electron chi connectivity index (χ4n) is 2.07. The number of rotatable bonds is 2. The lowest BCUT2D eigenvalue weighted by atomic mass is 10.1. The van der Waals surface area contributed by atoms with Gasteiger partial charge in [0.05, 0.1) is 21.7 Å². The lowest BCUT2D eigenvalue weighted by molar-refractivity contribution is -0.383. The molecular formula is C13H10N4O2. The van der Waals surface area contributed by atoms with Crippen LogP contribution >= 0.6 is 0 Å². The number of fused-ring (bicyclic) bond motifs is 1. The first-order valence-corrected chi connectivity index (χ1v) is 5.70. The molecule has 0 amide bonds. The highest BCUT2D eigenvalue weighted by molar-refractivity contribution is 5.96. The number of aryl methyl sites for hydroxylation is 1. The van der Waals surface area contributed by atoms with Crippen LogP contribution in [0.15, 0.2) is 42.9 Å². The molecule has 6 nitrogen and oxygen atoms in total. The summed E-state index contributed by atoms with van der Waals surface area (Å²) in [5, 5.41) is 16.6. The first-order valence-electron chi connectivity index (χ1n) is 5.70. The van der Waals surface area contributed by atoms with E-state index < -0.39 is 4.92 Å². The van der Waals surface area contributed by atoms with Crippen LogP contribution in [-0.4, -0.2) is 19.7 Å². The van der Waals surface area contributed by atoms with Gasteiger partial charge >= 0.3 is 0 Å². The van der Waals surface area contributed by atoms with Crippen molar-refractivity contribution in [3.8, 4) is 5.69 Å². The van der Waals surface area contributed by atoms with Crippen LogP contribution in [0.4, 0.5) is 5.69 Å². The van der Waals surface area contributed by atoms with Crippen LogP contribution in [-0.2, 0) is 0 Å². The number of non-ortho nitro benzene ring substituents is 1. The molecule has 0 aliphatic carbocycles. The molecular weight excluding hydrogens is 244 g/mol. The second-order valence-electron chi connectivity index (χ2n) is 4.18. The fourth-order valence-corrected chi connectivity index (χ4v) is 2.07. The van der Waals surface area contributed by atoms with E-state index in [2.05, 4.69) is 10.1 Å². The van der Waals surface area contributed by atoms with Gasteiger partial charge in [-0.1, -0.05) is 0 Å². The van der Waals surface area contributed by atoms with Crippen molar-refractivity contribution in [3.05, 3.63) is 58.7 Å². The van der Waals surface area contributed by atoms with Crippen molar-refractivity contribution in [2.75, 3.05) is 0 Å². The molecule has 0 atom stereocenters. The highest BCUT2D eigenvalue weighted by atomic mass is 16.6. The lowest BCUT2D eigenvalue weighted by Gasteiger charge is -2.06. The summed E-state index contributed by atoms with van der Waals surface area (Å²) in [4.78, 5) is 14.6. The predicted molar refractivity (Wildman–Crippen MR) is 70.3 cm³/mol. The molecule has 0 bridgehead atoms. The monoisotopic (exact) mass is 254 g/mol. The smallest absolute Gasteiger partial charge is 0.264 e. The zero-order chi connectivity index (χ0) is 13.4. The molecule has 0 fully saturated rings. The first kappa shape index (κ1) is 11.3. The molecule has 1 aromatic carbocycles. The van der Waals surface area contributed by atoms with E-state index >= 15 is 0 Å². The van der Waals surface area contributed by atoms with E-state index in [9.17, 15) is 10.1 Å². The number of nitro benzene ring substituents is 1. The summed E-state index contributed by atoms with van der Waals surface area (Å²) in [6.07, 6.45) is 4.95. The van der Waals surface area contributed by atoms with Crippen LogP contribution in [0.3, 0.4) is 0 Å². The Hall–Kier alpha value is -2.76. The largest absolute Gasteiger partial charge is 0.278 e. The summed E-state index contributed by atoms with van der Waals surface area (Å²) >= 11 is 0. The number of hydrogen-bond donors (Lipinski definition) is 0. The van der Waals surface area contributed by atoms with Gasteiger partial charge < -0.3 is 0 Å². The topological polar surface area (TPSA) is 73.8 Å². The van der Waals surface area contributed by atoms with Gasteiger partial charge in [-0.3, -0.25) is 15.1 Å². The van der Waals surface area contributed by atoms with Crippen molar-refractivity contribution in [2.24, 2.45) is 0 Å². The van der Waals surface area contributed by atoms with E-state index in [1.54, 1.807) is 23.0 Å². The summed E-state index contributed by atoms with van der Waals surface area (Å²) < 4.78 is 1.71. The fraction of sp³-hybridized carbons (Fsp3) is 0.0769. The van der Waals surface area contributed by atoms with E-state index in [4.69, 9.17) is 0 Å². The van der Waals surface area contributed by atoms with Gasteiger partial charge in [0.2, 0.25) is 0 Å². The number of aromatic nitrogens is 3. The van der Waals surface area contributed by atoms with Gasteiger partial charge in [-0.25, -0.2) is 4.68 Å². The lowest BCUT2D eigenvalue weighted by Crippen LogP contribution is -1.98. The molecule has 0 spiro atoms. The van der Waals surface area contributed by atoms with Crippen LogP contribution in [0.25, 0.3) is 16.5 Å². The normalized spacial score (nSPS) is 10.8. The van der Waals surface area contributed by atoms with E-state index in [1.165, 1.54) is 12.3 Å². The van der Waals surface area contributed by atoms with Crippen molar-refractivity contribution in [1.82, 2.24) is 14.8 Å². The highest BCUT2D eigenvalue weighted by Gasteiger charge is 2.15. The minimum atomic E-state index is -0.401. The molecule has 0 saturated heterocycles. The van der Waals surface area contributed by atoms with Crippen LogP contribution < -0.4 is 0 Å². The summed E-state index contributed by atoms with van der Waals surface area (Å²) in [6, 6.07) is 6.83. The average Bonchev–Trinajstić information content (AvgIpc) is 2.83. The average molecular weight is 254 g/mol. The molecule has 94 valence electrons. The third-order valence-corrected chi connectivity index (χ3v) is 2.94. The molecule has 0 N–H and O–H groups in total. The Balaban J connectivity index is 2.34. The molecule has 0 unspecified atom stereocenters. The number of hydrogen-bond acceptors (Lipinski definition) is 4. The number of nitrogens with zero attached hydrogens (tertiary/aromatic N) is 4. The van der Waals surface area contributed by atoms with Gasteiger partial charge in [0, 0.05) is 30.0 Å². The Labute approximate surface area is 108 Å². The van der Waals surface area contributed by atoms with Gasteiger partial charge in [0.15, 0.2) is 0 Å². The number of pyridine rings is 1. The number of nitro groups is 1. The molecule has 3 aromatic rings. The molecule has 0 radical (unpaired) electrons. The highest BCUT2D eigenvalue weighted by Crippen LogP contribution is 2.29. The quantitative estimate of drug-likeness (QED) is 0.520. The maximum Gasteiger partial charge on any atom is 0.278 e. The predicted octanol–water partition coefficient (Wildman–Crippen LogP) is 2.64. The third-order valence-electron chi connectivity index (χ3n) is 2.94. The van der Waals surface area contributed by atoms with E-state index in [1.807, 2.05) is 19.2 Å². The Morgan fingerprint density at radius 3 is 2.74 bits per heavy atom. The van der Waals surface area contributed by atoms with Crippen LogP contribution in [0.2, 0.25) is 0 Å². The molecule has 6 heteroatoms. The second-order valence-corrected chi connectivity index (χ2v) is 4.18. The Kier molecular flexibility index (Phi) is 2.49. The summed E-state index contributed by atoms with van der Waals surface area (Å²) in [7, 11) is 0. The van der Waals surface area contributed by atoms with Crippen molar-refractivity contribution in [3.63, 3.8) is 0 Å². The summed E-state index contributed by atoms with van der Waals surface area (Å²) in [5.41, 5.74) is 1.74. The van der Waals surface area contributed by atoms with Crippen molar-refractivity contribution in [1.29, 1.82) is 0 Å². The molecule has 3 rings (SSSR count). The molecule has 0 aliphatic rings. The zero-order valence-corrected chi connectivity index (χ0v) is 10.1. The second kappa shape index (κ2) is 4.16. The molecule has 19 heavy (non-hydrogen) atoms. The molecule has 0 saturated carbocycles. The first-order chi connectivity index (χ1) is 9.16. The minimum Gasteiger partial charge on any atom is -0.264 e.